The average Bonchev–Trinajstić information content (AvgIpc) is 2.64. The fourth-order valence-electron chi connectivity index (χ4n) is 5.93. The Kier molecular flexibility index (Phi) is 4.31. The third-order valence-corrected chi connectivity index (χ3v) is 6.99. The molecule has 148 valence electrons. The van der Waals surface area contributed by atoms with E-state index in [9.17, 15) is 9.59 Å². The summed E-state index contributed by atoms with van der Waals surface area (Å²) in [6.45, 7) is 7.84. The van der Waals surface area contributed by atoms with Crippen LogP contribution < -0.4 is 5.43 Å². The van der Waals surface area contributed by atoms with Crippen LogP contribution in [0.1, 0.15) is 42.5 Å². The largest absolute Gasteiger partial charge is 0.357 e. The lowest BCUT2D eigenvalue weighted by Gasteiger charge is -2.52. The van der Waals surface area contributed by atoms with Crippen LogP contribution >= 0.6 is 0 Å². The summed E-state index contributed by atoms with van der Waals surface area (Å²) in [6, 6.07) is 6.32. The van der Waals surface area contributed by atoms with Crippen molar-refractivity contribution in [2.24, 2.45) is 11.8 Å². The third kappa shape index (κ3) is 3.06. The standard InChI is InChI=1S/C23H29N3O2/c1-14-6-15(2)23-19(7-14)21(27)9-18(24-23)13-25-10-16-8-17(12-25)20-4-3-5-22(28)26(20)11-16/h6-7,9,16-17,20H,3-5,8,10-13H2,1-2H3,(H,24,27)/t16-,17-,20-/m0/s1. The van der Waals surface area contributed by atoms with Crippen molar-refractivity contribution in [2.45, 2.75) is 52.1 Å². The van der Waals surface area contributed by atoms with Gasteiger partial charge in [-0.2, -0.15) is 0 Å². The van der Waals surface area contributed by atoms with Gasteiger partial charge in [0.25, 0.3) is 0 Å². The van der Waals surface area contributed by atoms with E-state index < -0.39 is 0 Å². The van der Waals surface area contributed by atoms with Crippen LogP contribution in [0.3, 0.4) is 0 Å². The van der Waals surface area contributed by atoms with Crippen molar-refractivity contribution in [1.29, 1.82) is 0 Å². The first-order chi connectivity index (χ1) is 13.5. The number of H-pyrrole nitrogens is 1. The molecule has 0 spiro atoms. The van der Waals surface area contributed by atoms with Crippen molar-refractivity contribution in [3.8, 4) is 0 Å². The fourth-order valence-corrected chi connectivity index (χ4v) is 5.93. The minimum atomic E-state index is 0.108. The third-order valence-electron chi connectivity index (χ3n) is 6.99. The van der Waals surface area contributed by atoms with E-state index >= 15 is 0 Å². The van der Waals surface area contributed by atoms with Crippen LogP contribution in [-0.4, -0.2) is 46.4 Å². The molecule has 1 N–H and O–H groups in total. The molecular formula is C23H29N3O2. The summed E-state index contributed by atoms with van der Waals surface area (Å²) >= 11 is 0. The van der Waals surface area contributed by atoms with Gasteiger partial charge in [0.2, 0.25) is 5.91 Å². The summed E-state index contributed by atoms with van der Waals surface area (Å²) in [4.78, 5) is 33.2. The van der Waals surface area contributed by atoms with Gasteiger partial charge in [-0.3, -0.25) is 14.5 Å². The minimum Gasteiger partial charge on any atom is -0.357 e. The number of pyridine rings is 1. The molecule has 5 nitrogen and oxygen atoms in total. The topological polar surface area (TPSA) is 56.4 Å². The number of hydrogen-bond acceptors (Lipinski definition) is 3. The molecule has 1 aromatic carbocycles. The number of amides is 1. The predicted molar refractivity (Wildman–Crippen MR) is 110 cm³/mol. The van der Waals surface area contributed by atoms with E-state index in [4.69, 9.17) is 0 Å². The number of likely N-dealkylation sites (tertiary alicyclic amines) is 1. The number of fused-ring (bicyclic) bond motifs is 5. The second-order valence-corrected chi connectivity index (χ2v) is 9.22. The summed E-state index contributed by atoms with van der Waals surface area (Å²) in [5.74, 6) is 1.51. The first kappa shape index (κ1) is 17.9. The fraction of sp³-hybridized carbons (Fsp3) is 0.565. The highest BCUT2D eigenvalue weighted by atomic mass is 16.2. The number of aryl methyl sites for hydroxylation is 2. The number of carbonyl (C=O) groups excluding carboxylic acids is 1. The van der Waals surface area contributed by atoms with Crippen molar-refractivity contribution in [2.75, 3.05) is 19.6 Å². The maximum atomic E-state index is 12.7. The molecular weight excluding hydrogens is 350 g/mol. The van der Waals surface area contributed by atoms with Crippen LogP contribution in [0.2, 0.25) is 0 Å². The van der Waals surface area contributed by atoms with Gasteiger partial charge in [0, 0.05) is 55.8 Å². The Balaban J connectivity index is 1.39. The summed E-state index contributed by atoms with van der Waals surface area (Å²) in [5, 5.41) is 0.785. The van der Waals surface area contributed by atoms with Crippen LogP contribution in [-0.2, 0) is 11.3 Å². The summed E-state index contributed by atoms with van der Waals surface area (Å²) in [6.07, 6.45) is 4.18. The van der Waals surface area contributed by atoms with Gasteiger partial charge in [-0.25, -0.2) is 0 Å². The number of aromatic amines is 1. The Hall–Kier alpha value is -2.14. The molecule has 5 rings (SSSR count). The molecule has 2 aromatic rings. The number of nitrogens with one attached hydrogen (secondary N) is 1. The average molecular weight is 380 g/mol. The molecule has 0 radical (unpaired) electrons. The molecule has 3 saturated heterocycles. The molecule has 3 atom stereocenters. The van der Waals surface area contributed by atoms with Gasteiger partial charge in [-0.05, 0) is 62.1 Å². The maximum Gasteiger partial charge on any atom is 0.222 e. The second-order valence-electron chi connectivity index (χ2n) is 9.22. The quantitative estimate of drug-likeness (QED) is 0.873. The Morgan fingerprint density at radius 2 is 1.96 bits per heavy atom. The van der Waals surface area contributed by atoms with Gasteiger partial charge in [0.1, 0.15) is 0 Å². The van der Waals surface area contributed by atoms with Crippen molar-refractivity contribution in [3.05, 3.63) is 45.2 Å². The van der Waals surface area contributed by atoms with Crippen LogP contribution in [0, 0.1) is 25.7 Å². The normalized spacial score (nSPS) is 27.9. The van der Waals surface area contributed by atoms with E-state index in [0.717, 1.165) is 73.2 Å². The lowest BCUT2D eigenvalue weighted by molar-refractivity contribution is -0.145. The molecule has 3 fully saturated rings. The van der Waals surface area contributed by atoms with Crippen molar-refractivity contribution >= 4 is 16.8 Å². The zero-order chi connectivity index (χ0) is 19.4. The molecule has 0 unspecified atom stereocenters. The van der Waals surface area contributed by atoms with E-state index in [-0.39, 0.29) is 5.43 Å². The van der Waals surface area contributed by atoms with Crippen LogP contribution in [0.15, 0.2) is 23.0 Å². The Labute approximate surface area is 165 Å². The first-order valence-corrected chi connectivity index (χ1v) is 10.6. The Morgan fingerprint density at radius 1 is 1.11 bits per heavy atom. The van der Waals surface area contributed by atoms with Gasteiger partial charge in [-0.15, -0.1) is 0 Å². The van der Waals surface area contributed by atoms with Crippen molar-refractivity contribution in [3.63, 3.8) is 0 Å². The molecule has 3 aliphatic heterocycles. The van der Waals surface area contributed by atoms with Gasteiger partial charge in [0.15, 0.2) is 5.43 Å². The highest BCUT2D eigenvalue weighted by molar-refractivity contribution is 5.82. The molecule has 4 heterocycles. The molecule has 0 aliphatic carbocycles. The second kappa shape index (κ2) is 6.73. The Bertz CT molecular complexity index is 995. The van der Waals surface area contributed by atoms with E-state index in [1.165, 1.54) is 6.42 Å². The van der Waals surface area contributed by atoms with Crippen LogP contribution in [0.25, 0.3) is 10.9 Å². The van der Waals surface area contributed by atoms with E-state index in [2.05, 4.69) is 27.8 Å². The van der Waals surface area contributed by atoms with Gasteiger partial charge >= 0.3 is 0 Å². The predicted octanol–water partition coefficient (Wildman–Crippen LogP) is 2.98. The molecule has 28 heavy (non-hydrogen) atoms. The SMILES string of the molecule is Cc1cc(C)c2[nH]c(CN3C[C@@H]4C[C@@H](C3)[C@@H]3CCCC(=O)N3C4)cc(=O)c2c1. The molecule has 1 amide bonds. The zero-order valence-corrected chi connectivity index (χ0v) is 16.8. The van der Waals surface area contributed by atoms with Gasteiger partial charge < -0.3 is 9.88 Å². The lowest BCUT2D eigenvalue weighted by Crippen LogP contribution is -2.60. The van der Waals surface area contributed by atoms with E-state index in [0.29, 0.717) is 23.8 Å². The maximum absolute atomic E-state index is 12.7. The number of benzene rings is 1. The molecule has 0 saturated carbocycles. The zero-order valence-electron chi connectivity index (χ0n) is 16.8. The van der Waals surface area contributed by atoms with E-state index in [1.807, 2.05) is 13.0 Å². The molecule has 3 aliphatic rings. The monoisotopic (exact) mass is 379 g/mol. The van der Waals surface area contributed by atoms with Crippen molar-refractivity contribution < 1.29 is 4.79 Å². The smallest absolute Gasteiger partial charge is 0.222 e. The number of piperidine rings is 3. The first-order valence-electron chi connectivity index (χ1n) is 10.6. The number of nitrogens with zero attached hydrogens (tertiary/aromatic N) is 2. The Morgan fingerprint density at radius 3 is 2.82 bits per heavy atom. The van der Waals surface area contributed by atoms with Gasteiger partial charge in [0.05, 0.1) is 5.52 Å². The van der Waals surface area contributed by atoms with Gasteiger partial charge in [-0.1, -0.05) is 6.07 Å². The lowest BCUT2D eigenvalue weighted by atomic mass is 9.76. The van der Waals surface area contributed by atoms with Crippen LogP contribution in [0.5, 0.6) is 0 Å². The molecule has 5 heteroatoms. The van der Waals surface area contributed by atoms with E-state index in [1.54, 1.807) is 6.07 Å². The summed E-state index contributed by atoms with van der Waals surface area (Å²) in [7, 11) is 0. The van der Waals surface area contributed by atoms with Crippen LogP contribution in [0.4, 0.5) is 0 Å². The molecule has 2 bridgehead atoms. The van der Waals surface area contributed by atoms with Crippen molar-refractivity contribution in [1.82, 2.24) is 14.8 Å². The summed E-state index contributed by atoms with van der Waals surface area (Å²) < 4.78 is 0. The number of carbonyl (C=O) groups is 1. The summed E-state index contributed by atoms with van der Waals surface area (Å²) in [5.41, 5.74) is 4.33. The highest BCUT2D eigenvalue weighted by Crippen LogP contribution is 2.38. The number of aromatic nitrogens is 1. The number of rotatable bonds is 2. The highest BCUT2D eigenvalue weighted by Gasteiger charge is 2.43. The minimum absolute atomic E-state index is 0.108. The molecule has 1 aromatic heterocycles. The number of hydrogen-bond donors (Lipinski definition) is 1.